The highest BCUT2D eigenvalue weighted by atomic mass is 19.1. The summed E-state index contributed by atoms with van der Waals surface area (Å²) in [4.78, 5) is 17.2. The number of aromatic nitrogens is 3. The summed E-state index contributed by atoms with van der Waals surface area (Å²) in [6, 6.07) is 18.8. The van der Waals surface area contributed by atoms with Crippen LogP contribution < -0.4 is 5.32 Å². The van der Waals surface area contributed by atoms with Gasteiger partial charge in [0.1, 0.15) is 5.82 Å². The fourth-order valence-electron chi connectivity index (χ4n) is 2.60. The van der Waals surface area contributed by atoms with Crippen molar-refractivity contribution in [3.05, 3.63) is 89.9 Å². The van der Waals surface area contributed by atoms with E-state index >= 15 is 0 Å². The second kappa shape index (κ2) is 7.25. The number of carbonyl (C=O) groups is 1. The van der Waals surface area contributed by atoms with Crippen LogP contribution in [0.4, 0.5) is 10.3 Å². The molecule has 0 saturated carbocycles. The van der Waals surface area contributed by atoms with Crippen LogP contribution in [-0.4, -0.2) is 20.7 Å². The monoisotopic (exact) mass is 362 g/mol. The summed E-state index contributed by atoms with van der Waals surface area (Å²) in [5, 5.41) is 7.30. The van der Waals surface area contributed by atoms with E-state index in [0.29, 0.717) is 12.3 Å². The number of nitrogens with one attached hydrogen (secondary N) is 1. The molecule has 4 rings (SSSR count). The molecular formula is C20H15FN4O2. The van der Waals surface area contributed by atoms with Crippen LogP contribution in [0.5, 0.6) is 0 Å². The third-order valence-corrected chi connectivity index (χ3v) is 3.94. The van der Waals surface area contributed by atoms with E-state index in [1.54, 1.807) is 18.2 Å². The molecule has 7 heteroatoms. The van der Waals surface area contributed by atoms with Crippen molar-refractivity contribution in [1.82, 2.24) is 14.8 Å². The highest BCUT2D eigenvalue weighted by molar-refractivity contribution is 5.97. The number of hydrogen-bond donors (Lipinski definition) is 1. The Labute approximate surface area is 154 Å². The van der Waals surface area contributed by atoms with Crippen LogP contribution >= 0.6 is 0 Å². The van der Waals surface area contributed by atoms with Gasteiger partial charge in [-0.2, -0.15) is 9.67 Å². The molecule has 0 aliphatic carbocycles. The Hall–Kier alpha value is -3.74. The Morgan fingerprint density at radius 2 is 1.81 bits per heavy atom. The Morgan fingerprint density at radius 3 is 2.56 bits per heavy atom. The summed E-state index contributed by atoms with van der Waals surface area (Å²) in [5.41, 5.74) is 0.918. The predicted molar refractivity (Wildman–Crippen MR) is 97.6 cm³/mol. The normalized spacial score (nSPS) is 10.7. The second-order valence-electron chi connectivity index (χ2n) is 5.77. The van der Waals surface area contributed by atoms with Crippen LogP contribution in [0.3, 0.4) is 0 Å². The lowest BCUT2D eigenvalue weighted by Crippen LogP contribution is -2.18. The van der Waals surface area contributed by atoms with E-state index in [0.717, 1.165) is 10.2 Å². The molecule has 4 aromatic rings. The number of halogens is 1. The molecule has 6 nitrogen and oxygen atoms in total. The van der Waals surface area contributed by atoms with E-state index < -0.39 is 11.7 Å². The summed E-state index contributed by atoms with van der Waals surface area (Å²) in [6.07, 6.45) is 1.49. The van der Waals surface area contributed by atoms with Crippen LogP contribution in [0.25, 0.3) is 11.6 Å². The van der Waals surface area contributed by atoms with Crippen molar-refractivity contribution in [2.75, 3.05) is 5.32 Å². The Morgan fingerprint density at radius 1 is 1.04 bits per heavy atom. The molecule has 0 unspecified atom stereocenters. The minimum Gasteiger partial charge on any atom is -0.461 e. The van der Waals surface area contributed by atoms with Gasteiger partial charge in [0.05, 0.1) is 11.8 Å². The van der Waals surface area contributed by atoms with Crippen molar-refractivity contribution >= 4 is 11.9 Å². The highest BCUT2D eigenvalue weighted by Gasteiger charge is 2.21. The largest absolute Gasteiger partial charge is 0.461 e. The molecule has 0 saturated heterocycles. The molecule has 134 valence electrons. The van der Waals surface area contributed by atoms with Crippen molar-refractivity contribution in [3.8, 4) is 11.6 Å². The number of nitrogens with zero attached hydrogens (tertiary/aromatic N) is 3. The lowest BCUT2D eigenvalue weighted by atomic mass is 10.2. The zero-order valence-corrected chi connectivity index (χ0v) is 14.2. The van der Waals surface area contributed by atoms with Gasteiger partial charge in [-0.1, -0.05) is 42.5 Å². The molecule has 0 radical (unpaired) electrons. The summed E-state index contributed by atoms with van der Waals surface area (Å²) in [7, 11) is 0. The number of benzene rings is 2. The average Bonchev–Trinajstić information content (AvgIpc) is 3.37. The zero-order chi connectivity index (χ0) is 18.6. The minimum absolute atomic E-state index is 0.0869. The van der Waals surface area contributed by atoms with E-state index in [9.17, 15) is 9.18 Å². The fraction of sp³-hybridized carbons (Fsp3) is 0.0500. The van der Waals surface area contributed by atoms with Crippen LogP contribution in [0.15, 0.2) is 77.4 Å². The first-order chi connectivity index (χ1) is 13.2. The number of furan rings is 1. The molecular weight excluding hydrogens is 347 g/mol. The van der Waals surface area contributed by atoms with Crippen molar-refractivity contribution in [3.63, 3.8) is 0 Å². The van der Waals surface area contributed by atoms with Gasteiger partial charge in [-0.15, -0.1) is 5.10 Å². The van der Waals surface area contributed by atoms with Crippen molar-refractivity contribution < 1.29 is 13.6 Å². The Bertz CT molecular complexity index is 1060. The first kappa shape index (κ1) is 16.7. The molecule has 2 heterocycles. The molecule has 0 atom stereocenters. The standard InChI is InChI=1S/C20H15FN4O2/c21-16-10-5-4-9-15(16)19(26)25-20(22-13-14-7-2-1-3-8-14)23-18(24-25)17-11-6-12-27-17/h1-12H,13H2,(H,22,23,24). The van der Waals surface area contributed by atoms with Gasteiger partial charge in [-0.05, 0) is 29.8 Å². The Balaban J connectivity index is 1.70. The minimum atomic E-state index is -0.619. The molecule has 0 bridgehead atoms. The molecule has 0 amide bonds. The van der Waals surface area contributed by atoms with E-state index in [1.165, 1.54) is 24.5 Å². The van der Waals surface area contributed by atoms with Gasteiger partial charge in [0.25, 0.3) is 5.91 Å². The van der Waals surface area contributed by atoms with Gasteiger partial charge in [-0.25, -0.2) is 4.39 Å². The van der Waals surface area contributed by atoms with Gasteiger partial charge in [0.2, 0.25) is 11.8 Å². The van der Waals surface area contributed by atoms with Crippen LogP contribution in [-0.2, 0) is 6.54 Å². The van der Waals surface area contributed by atoms with Crippen LogP contribution in [0.2, 0.25) is 0 Å². The number of rotatable bonds is 5. The van der Waals surface area contributed by atoms with Crippen molar-refractivity contribution in [2.45, 2.75) is 6.54 Å². The summed E-state index contributed by atoms with van der Waals surface area (Å²) in [5.74, 6) is -0.378. The van der Waals surface area contributed by atoms with Crippen molar-refractivity contribution in [1.29, 1.82) is 0 Å². The van der Waals surface area contributed by atoms with E-state index in [2.05, 4.69) is 15.4 Å². The van der Waals surface area contributed by atoms with E-state index in [-0.39, 0.29) is 17.3 Å². The number of carbonyl (C=O) groups excluding carboxylic acids is 1. The predicted octanol–water partition coefficient (Wildman–Crippen LogP) is 3.98. The van der Waals surface area contributed by atoms with Crippen LogP contribution in [0, 0.1) is 5.82 Å². The van der Waals surface area contributed by atoms with Gasteiger partial charge in [0.15, 0.2) is 5.76 Å². The number of anilines is 1. The first-order valence-electron chi connectivity index (χ1n) is 8.30. The van der Waals surface area contributed by atoms with Gasteiger partial charge >= 0.3 is 0 Å². The Kier molecular flexibility index (Phi) is 4.49. The first-order valence-corrected chi connectivity index (χ1v) is 8.30. The third kappa shape index (κ3) is 3.48. The second-order valence-corrected chi connectivity index (χ2v) is 5.77. The topological polar surface area (TPSA) is 73.0 Å². The molecule has 2 aromatic carbocycles. The van der Waals surface area contributed by atoms with E-state index in [1.807, 2.05) is 30.3 Å². The van der Waals surface area contributed by atoms with Gasteiger partial charge in [0, 0.05) is 6.54 Å². The molecule has 0 aliphatic rings. The molecule has 1 N–H and O–H groups in total. The maximum atomic E-state index is 14.1. The highest BCUT2D eigenvalue weighted by Crippen LogP contribution is 2.20. The molecule has 2 aromatic heterocycles. The van der Waals surface area contributed by atoms with E-state index in [4.69, 9.17) is 4.42 Å². The summed E-state index contributed by atoms with van der Waals surface area (Å²) < 4.78 is 20.4. The summed E-state index contributed by atoms with van der Waals surface area (Å²) in [6.45, 7) is 0.432. The quantitative estimate of drug-likeness (QED) is 0.581. The molecule has 0 spiro atoms. The molecule has 27 heavy (non-hydrogen) atoms. The van der Waals surface area contributed by atoms with Gasteiger partial charge < -0.3 is 9.73 Å². The SMILES string of the molecule is O=C(c1ccccc1F)n1nc(-c2ccco2)nc1NCc1ccccc1. The van der Waals surface area contributed by atoms with Crippen molar-refractivity contribution in [2.24, 2.45) is 0 Å². The maximum Gasteiger partial charge on any atom is 0.284 e. The average molecular weight is 362 g/mol. The maximum absolute atomic E-state index is 14.1. The van der Waals surface area contributed by atoms with Gasteiger partial charge in [-0.3, -0.25) is 4.79 Å². The molecule has 0 aliphatic heterocycles. The summed E-state index contributed by atoms with van der Waals surface area (Å²) >= 11 is 0. The number of hydrogen-bond acceptors (Lipinski definition) is 5. The molecule has 0 fully saturated rings. The zero-order valence-electron chi connectivity index (χ0n) is 14.2. The van der Waals surface area contributed by atoms with Crippen LogP contribution in [0.1, 0.15) is 15.9 Å². The smallest absolute Gasteiger partial charge is 0.284 e. The lowest BCUT2D eigenvalue weighted by molar-refractivity contribution is 0.0943. The third-order valence-electron chi connectivity index (χ3n) is 3.94. The lowest BCUT2D eigenvalue weighted by Gasteiger charge is -2.07. The fourth-order valence-corrected chi connectivity index (χ4v) is 2.60.